The molecule has 1 unspecified atom stereocenters. The maximum Gasteiger partial charge on any atom is 0.254 e. The molecule has 0 saturated carbocycles. The second-order valence-corrected chi connectivity index (χ2v) is 6.89. The van der Waals surface area contributed by atoms with Gasteiger partial charge in [-0.2, -0.15) is 0 Å². The Morgan fingerprint density at radius 3 is 2.84 bits per heavy atom. The second kappa shape index (κ2) is 5.25. The highest BCUT2D eigenvalue weighted by atomic mass is 32.1. The van der Waals surface area contributed by atoms with E-state index in [0.29, 0.717) is 13.1 Å². The number of fused-ring (bicyclic) bond motifs is 1. The SMILES string of the molecule is CC1CCc2c(C(=O)N3CCC(O)CC3)csc2C1. The molecule has 0 spiro atoms. The zero-order valence-electron chi connectivity index (χ0n) is 11.4. The first-order valence-corrected chi connectivity index (χ1v) is 8.09. The van der Waals surface area contributed by atoms with Crippen LogP contribution in [-0.4, -0.2) is 35.1 Å². The van der Waals surface area contributed by atoms with Crippen molar-refractivity contribution in [2.75, 3.05) is 13.1 Å². The fraction of sp³-hybridized carbons (Fsp3) is 0.667. The van der Waals surface area contributed by atoms with Crippen LogP contribution in [0.15, 0.2) is 5.38 Å². The zero-order chi connectivity index (χ0) is 13.4. The lowest BCUT2D eigenvalue weighted by atomic mass is 9.88. The second-order valence-electron chi connectivity index (χ2n) is 5.92. The van der Waals surface area contributed by atoms with Crippen molar-refractivity contribution in [2.45, 2.75) is 45.1 Å². The number of thiophene rings is 1. The molecule has 2 aliphatic rings. The number of hydrogen-bond acceptors (Lipinski definition) is 3. The van der Waals surface area contributed by atoms with Gasteiger partial charge >= 0.3 is 0 Å². The number of hydrogen-bond donors (Lipinski definition) is 1. The average Bonchev–Trinajstić information content (AvgIpc) is 2.81. The van der Waals surface area contributed by atoms with Crippen molar-refractivity contribution >= 4 is 17.2 Å². The average molecular weight is 279 g/mol. The van der Waals surface area contributed by atoms with E-state index in [1.165, 1.54) is 16.9 Å². The van der Waals surface area contributed by atoms with Gasteiger partial charge in [-0.05, 0) is 43.6 Å². The number of aliphatic hydroxyl groups excluding tert-OH is 1. The smallest absolute Gasteiger partial charge is 0.254 e. The molecule has 0 radical (unpaired) electrons. The Labute approximate surface area is 118 Å². The van der Waals surface area contributed by atoms with Crippen molar-refractivity contribution in [1.82, 2.24) is 4.90 Å². The third kappa shape index (κ3) is 2.56. The van der Waals surface area contributed by atoms with Crippen LogP contribution in [0.5, 0.6) is 0 Å². The van der Waals surface area contributed by atoms with Gasteiger partial charge in [0, 0.05) is 23.3 Å². The molecule has 1 aliphatic heterocycles. The van der Waals surface area contributed by atoms with Gasteiger partial charge in [-0.1, -0.05) is 6.92 Å². The molecular weight excluding hydrogens is 258 g/mol. The number of piperidine rings is 1. The lowest BCUT2D eigenvalue weighted by Crippen LogP contribution is -2.40. The van der Waals surface area contributed by atoms with E-state index in [2.05, 4.69) is 12.3 Å². The molecule has 0 bridgehead atoms. The first kappa shape index (κ1) is 13.1. The fourth-order valence-corrected chi connectivity index (χ4v) is 4.33. The third-order valence-electron chi connectivity index (χ3n) is 4.38. The van der Waals surface area contributed by atoms with Crippen LogP contribution in [0.1, 0.15) is 47.0 Å². The predicted molar refractivity (Wildman–Crippen MR) is 76.7 cm³/mol. The number of nitrogens with zero attached hydrogens (tertiary/aromatic N) is 1. The Hall–Kier alpha value is -0.870. The predicted octanol–water partition coefficient (Wildman–Crippen LogP) is 2.47. The highest BCUT2D eigenvalue weighted by Gasteiger charge is 2.27. The van der Waals surface area contributed by atoms with E-state index in [9.17, 15) is 9.90 Å². The molecule has 1 aromatic rings. The van der Waals surface area contributed by atoms with Gasteiger partial charge in [0.25, 0.3) is 5.91 Å². The largest absolute Gasteiger partial charge is 0.393 e. The van der Waals surface area contributed by atoms with Crippen LogP contribution < -0.4 is 0 Å². The van der Waals surface area contributed by atoms with Gasteiger partial charge in [-0.25, -0.2) is 0 Å². The Morgan fingerprint density at radius 1 is 1.37 bits per heavy atom. The molecule has 3 rings (SSSR count). The summed E-state index contributed by atoms with van der Waals surface area (Å²) >= 11 is 1.75. The van der Waals surface area contributed by atoms with Crippen molar-refractivity contribution in [1.29, 1.82) is 0 Å². The van der Waals surface area contributed by atoms with E-state index in [1.54, 1.807) is 11.3 Å². The van der Waals surface area contributed by atoms with Crippen molar-refractivity contribution in [3.05, 3.63) is 21.4 Å². The van der Waals surface area contributed by atoms with Gasteiger partial charge in [0.2, 0.25) is 0 Å². The fourth-order valence-electron chi connectivity index (χ4n) is 3.10. The molecule has 1 amide bonds. The number of rotatable bonds is 1. The van der Waals surface area contributed by atoms with Crippen LogP contribution in [0, 0.1) is 5.92 Å². The monoisotopic (exact) mass is 279 g/mol. The Kier molecular flexibility index (Phi) is 3.63. The summed E-state index contributed by atoms with van der Waals surface area (Å²) in [4.78, 5) is 15.9. The summed E-state index contributed by atoms with van der Waals surface area (Å²) in [6.07, 6.45) is 4.59. The summed E-state index contributed by atoms with van der Waals surface area (Å²) in [5.41, 5.74) is 2.24. The molecule has 104 valence electrons. The van der Waals surface area contributed by atoms with Gasteiger partial charge in [0.15, 0.2) is 0 Å². The quantitative estimate of drug-likeness (QED) is 0.858. The van der Waals surface area contributed by atoms with Gasteiger partial charge in [0.05, 0.1) is 11.7 Å². The summed E-state index contributed by atoms with van der Waals surface area (Å²) in [5.74, 6) is 0.929. The standard InChI is InChI=1S/C15H21NO2S/c1-10-2-3-12-13(9-19-14(12)8-10)15(18)16-6-4-11(17)5-7-16/h9-11,17H,2-8H2,1H3. The molecule has 1 atom stereocenters. The Morgan fingerprint density at radius 2 is 2.11 bits per heavy atom. The Balaban J connectivity index is 1.77. The number of amides is 1. The topological polar surface area (TPSA) is 40.5 Å². The number of carbonyl (C=O) groups is 1. The van der Waals surface area contributed by atoms with Gasteiger partial charge in [-0.15, -0.1) is 11.3 Å². The summed E-state index contributed by atoms with van der Waals surface area (Å²) < 4.78 is 0. The van der Waals surface area contributed by atoms with E-state index in [4.69, 9.17) is 0 Å². The highest BCUT2D eigenvalue weighted by molar-refractivity contribution is 7.10. The molecule has 4 heteroatoms. The minimum absolute atomic E-state index is 0.180. The van der Waals surface area contributed by atoms with E-state index < -0.39 is 0 Å². The zero-order valence-corrected chi connectivity index (χ0v) is 12.2. The lowest BCUT2D eigenvalue weighted by Gasteiger charge is -2.30. The molecule has 3 nitrogen and oxygen atoms in total. The molecular formula is C15H21NO2S. The molecule has 1 aliphatic carbocycles. The van der Waals surface area contributed by atoms with Crippen LogP contribution in [0.25, 0.3) is 0 Å². The molecule has 1 aromatic heterocycles. The van der Waals surface area contributed by atoms with Crippen LogP contribution in [0.2, 0.25) is 0 Å². The van der Waals surface area contributed by atoms with Crippen LogP contribution in [-0.2, 0) is 12.8 Å². The van der Waals surface area contributed by atoms with Crippen molar-refractivity contribution < 1.29 is 9.90 Å². The summed E-state index contributed by atoms with van der Waals surface area (Å²) in [6.45, 7) is 3.68. The van der Waals surface area contributed by atoms with Gasteiger partial charge < -0.3 is 10.0 Å². The first-order chi connectivity index (χ1) is 9.15. The maximum atomic E-state index is 12.6. The van der Waals surface area contributed by atoms with Gasteiger partial charge in [0.1, 0.15) is 0 Å². The minimum atomic E-state index is -0.221. The normalized spacial score (nSPS) is 24.3. The van der Waals surface area contributed by atoms with Crippen molar-refractivity contribution in [2.24, 2.45) is 5.92 Å². The minimum Gasteiger partial charge on any atom is -0.393 e. The molecule has 1 saturated heterocycles. The summed E-state index contributed by atoms with van der Waals surface area (Å²) in [7, 11) is 0. The van der Waals surface area contributed by atoms with Crippen LogP contribution >= 0.6 is 11.3 Å². The highest BCUT2D eigenvalue weighted by Crippen LogP contribution is 2.33. The first-order valence-electron chi connectivity index (χ1n) is 7.21. The number of likely N-dealkylation sites (tertiary alicyclic amines) is 1. The molecule has 19 heavy (non-hydrogen) atoms. The summed E-state index contributed by atoms with van der Waals surface area (Å²) in [6, 6.07) is 0. The third-order valence-corrected chi connectivity index (χ3v) is 5.43. The maximum absolute atomic E-state index is 12.6. The molecule has 0 aromatic carbocycles. The molecule has 2 heterocycles. The van der Waals surface area contributed by atoms with E-state index >= 15 is 0 Å². The van der Waals surface area contributed by atoms with Crippen molar-refractivity contribution in [3.63, 3.8) is 0 Å². The van der Waals surface area contributed by atoms with E-state index in [-0.39, 0.29) is 12.0 Å². The summed E-state index contributed by atoms with van der Waals surface area (Å²) in [5, 5.41) is 11.6. The number of carbonyl (C=O) groups excluding carboxylic acids is 1. The molecule has 1 fully saturated rings. The van der Waals surface area contributed by atoms with Crippen LogP contribution in [0.4, 0.5) is 0 Å². The number of aliphatic hydroxyl groups is 1. The van der Waals surface area contributed by atoms with Gasteiger partial charge in [-0.3, -0.25) is 4.79 Å². The molecule has 1 N–H and O–H groups in total. The lowest BCUT2D eigenvalue weighted by molar-refractivity contribution is 0.0546. The van der Waals surface area contributed by atoms with Crippen LogP contribution in [0.3, 0.4) is 0 Å². The van der Waals surface area contributed by atoms with E-state index in [1.807, 2.05) is 4.90 Å². The Bertz CT molecular complexity index is 474. The van der Waals surface area contributed by atoms with Crippen molar-refractivity contribution in [3.8, 4) is 0 Å². The van der Waals surface area contributed by atoms with E-state index in [0.717, 1.165) is 37.2 Å².